The highest BCUT2D eigenvalue weighted by molar-refractivity contribution is 5.89. The quantitative estimate of drug-likeness (QED) is 0.305. The third-order valence-electron chi connectivity index (χ3n) is 4.59. The molecule has 0 aliphatic carbocycles. The number of ether oxygens (including phenoxy) is 1. The number of nitrogens with one attached hydrogen (secondary N) is 3. The minimum atomic E-state index is -0.358. The van der Waals surface area contributed by atoms with Crippen LogP contribution in [0.1, 0.15) is 22.8 Å². The zero-order chi connectivity index (χ0) is 23.0. The molecule has 1 heterocycles. The zero-order valence-electron chi connectivity index (χ0n) is 18.4. The Morgan fingerprint density at radius 3 is 1.85 bits per heavy atom. The summed E-state index contributed by atoms with van der Waals surface area (Å²) in [5.74, 6) is 0.766. The first kappa shape index (κ1) is 21.8. The second kappa shape index (κ2) is 10.2. The first-order chi connectivity index (χ1) is 16.1. The Hall–Kier alpha value is -4.46. The van der Waals surface area contributed by atoms with Gasteiger partial charge in [0, 0.05) is 17.1 Å². The van der Waals surface area contributed by atoms with Gasteiger partial charge in [-0.25, -0.2) is 4.79 Å². The van der Waals surface area contributed by atoms with Crippen LogP contribution in [0.4, 0.5) is 34.9 Å². The number of carbonyl (C=O) groups is 1. The highest BCUT2D eigenvalue weighted by Gasteiger charge is 2.10. The lowest BCUT2D eigenvalue weighted by molar-refractivity contribution is 0.0526. The Kier molecular flexibility index (Phi) is 6.75. The van der Waals surface area contributed by atoms with Crippen LogP contribution < -0.4 is 16.0 Å². The molecule has 8 nitrogen and oxygen atoms in total. The van der Waals surface area contributed by atoms with E-state index in [0.717, 1.165) is 22.6 Å². The molecule has 0 fully saturated rings. The largest absolute Gasteiger partial charge is 0.462 e. The predicted octanol–water partition coefficient (Wildman–Crippen LogP) is 5.59. The van der Waals surface area contributed by atoms with E-state index in [-0.39, 0.29) is 5.97 Å². The smallest absolute Gasteiger partial charge is 0.338 e. The van der Waals surface area contributed by atoms with Crippen LogP contribution in [0.2, 0.25) is 0 Å². The van der Waals surface area contributed by atoms with Crippen molar-refractivity contribution in [3.63, 3.8) is 0 Å². The molecule has 0 saturated carbocycles. The molecular formula is C25H24N6O2. The van der Waals surface area contributed by atoms with Crippen LogP contribution in [0, 0.1) is 6.92 Å². The van der Waals surface area contributed by atoms with Crippen LogP contribution >= 0.6 is 0 Å². The Bertz CT molecular complexity index is 1230. The van der Waals surface area contributed by atoms with Crippen molar-refractivity contribution in [3.05, 3.63) is 90.0 Å². The van der Waals surface area contributed by atoms with Gasteiger partial charge in [0.05, 0.1) is 12.2 Å². The van der Waals surface area contributed by atoms with Gasteiger partial charge in [-0.15, -0.1) is 0 Å². The van der Waals surface area contributed by atoms with Crippen molar-refractivity contribution >= 4 is 40.9 Å². The number of esters is 1. The standard InChI is InChI=1S/C25H24N6O2/c1-3-33-22(32)18-12-14-20(15-13-18)27-24-29-23(26-19-9-5-4-6-10-19)30-25(31-24)28-21-11-7-8-17(2)16-21/h4-16H,3H2,1-2H3,(H3,26,27,28,29,30,31). The van der Waals surface area contributed by atoms with Crippen LogP contribution in [0.3, 0.4) is 0 Å². The molecule has 0 aliphatic heterocycles. The second-order valence-corrected chi connectivity index (χ2v) is 7.21. The molecule has 0 unspecified atom stereocenters. The van der Waals surface area contributed by atoms with Gasteiger partial charge in [0.15, 0.2) is 0 Å². The number of hydrogen-bond acceptors (Lipinski definition) is 8. The maximum absolute atomic E-state index is 11.9. The van der Waals surface area contributed by atoms with Crippen LogP contribution in [-0.2, 0) is 4.74 Å². The first-order valence-electron chi connectivity index (χ1n) is 10.5. The molecule has 33 heavy (non-hydrogen) atoms. The topological polar surface area (TPSA) is 101 Å². The lowest BCUT2D eigenvalue weighted by Gasteiger charge is -2.12. The number of hydrogen-bond donors (Lipinski definition) is 3. The minimum Gasteiger partial charge on any atom is -0.462 e. The summed E-state index contributed by atoms with van der Waals surface area (Å²) >= 11 is 0. The third kappa shape index (κ3) is 6.04. The fourth-order valence-electron chi connectivity index (χ4n) is 3.08. The summed E-state index contributed by atoms with van der Waals surface area (Å²) in [6.45, 7) is 4.13. The van der Waals surface area contributed by atoms with Crippen LogP contribution in [0.25, 0.3) is 0 Å². The van der Waals surface area contributed by atoms with Gasteiger partial charge in [0.1, 0.15) is 0 Å². The van der Waals surface area contributed by atoms with Crippen LogP contribution in [0.5, 0.6) is 0 Å². The van der Waals surface area contributed by atoms with E-state index in [0.29, 0.717) is 30.0 Å². The highest BCUT2D eigenvalue weighted by Crippen LogP contribution is 2.21. The van der Waals surface area contributed by atoms with Gasteiger partial charge >= 0.3 is 5.97 Å². The summed E-state index contributed by atoms with van der Waals surface area (Å²) in [5.41, 5.74) is 4.05. The number of anilines is 6. The summed E-state index contributed by atoms with van der Waals surface area (Å²) in [4.78, 5) is 25.4. The van der Waals surface area contributed by atoms with E-state index in [1.165, 1.54) is 0 Å². The molecule has 4 rings (SSSR count). The average molecular weight is 441 g/mol. The summed E-state index contributed by atoms with van der Waals surface area (Å²) in [6.07, 6.45) is 0. The van der Waals surface area contributed by atoms with E-state index in [1.807, 2.05) is 61.5 Å². The molecule has 1 aromatic heterocycles. The van der Waals surface area contributed by atoms with E-state index in [4.69, 9.17) is 4.74 Å². The second-order valence-electron chi connectivity index (χ2n) is 7.21. The van der Waals surface area contributed by atoms with Gasteiger partial charge in [0.25, 0.3) is 0 Å². The monoisotopic (exact) mass is 440 g/mol. The Morgan fingerprint density at radius 1 is 0.727 bits per heavy atom. The fourth-order valence-corrected chi connectivity index (χ4v) is 3.08. The van der Waals surface area contributed by atoms with E-state index in [1.54, 1.807) is 31.2 Å². The van der Waals surface area contributed by atoms with Gasteiger partial charge in [-0.2, -0.15) is 15.0 Å². The van der Waals surface area contributed by atoms with Crippen molar-refractivity contribution in [1.29, 1.82) is 0 Å². The summed E-state index contributed by atoms with van der Waals surface area (Å²) < 4.78 is 5.03. The molecule has 0 radical (unpaired) electrons. The molecule has 0 aliphatic rings. The first-order valence-corrected chi connectivity index (χ1v) is 10.5. The number of benzene rings is 3. The average Bonchev–Trinajstić information content (AvgIpc) is 2.80. The molecule has 8 heteroatoms. The molecule has 3 aromatic carbocycles. The van der Waals surface area contributed by atoms with E-state index < -0.39 is 0 Å². The van der Waals surface area contributed by atoms with E-state index in [9.17, 15) is 4.79 Å². The van der Waals surface area contributed by atoms with E-state index in [2.05, 4.69) is 30.9 Å². The third-order valence-corrected chi connectivity index (χ3v) is 4.59. The minimum absolute atomic E-state index is 0.331. The molecular weight excluding hydrogens is 416 g/mol. The maximum Gasteiger partial charge on any atom is 0.338 e. The molecule has 0 amide bonds. The SMILES string of the molecule is CCOC(=O)c1ccc(Nc2nc(Nc3ccccc3)nc(Nc3cccc(C)c3)n2)cc1. The van der Waals surface area contributed by atoms with Gasteiger partial charge in [-0.05, 0) is 67.9 Å². The van der Waals surface area contributed by atoms with Gasteiger partial charge < -0.3 is 20.7 Å². The van der Waals surface area contributed by atoms with Crippen LogP contribution in [-0.4, -0.2) is 27.5 Å². The zero-order valence-corrected chi connectivity index (χ0v) is 18.4. The number of aromatic nitrogens is 3. The normalized spacial score (nSPS) is 10.4. The van der Waals surface area contributed by atoms with Crippen LogP contribution in [0.15, 0.2) is 78.9 Å². The Balaban J connectivity index is 1.60. The number of rotatable bonds is 8. The number of carbonyl (C=O) groups excluding carboxylic acids is 1. The lowest BCUT2D eigenvalue weighted by atomic mass is 10.2. The Labute approximate surface area is 192 Å². The number of para-hydroxylation sites is 1. The lowest BCUT2D eigenvalue weighted by Crippen LogP contribution is -2.08. The predicted molar refractivity (Wildman–Crippen MR) is 130 cm³/mol. The van der Waals surface area contributed by atoms with Crippen molar-refractivity contribution in [2.24, 2.45) is 0 Å². The van der Waals surface area contributed by atoms with Gasteiger partial charge in [-0.3, -0.25) is 0 Å². The Morgan fingerprint density at radius 2 is 1.27 bits per heavy atom. The maximum atomic E-state index is 11.9. The van der Waals surface area contributed by atoms with Gasteiger partial charge in [0.2, 0.25) is 17.8 Å². The number of nitrogens with zero attached hydrogens (tertiary/aromatic N) is 3. The molecule has 3 N–H and O–H groups in total. The summed E-state index contributed by atoms with van der Waals surface area (Å²) in [5, 5.41) is 9.61. The van der Waals surface area contributed by atoms with Crippen molar-refractivity contribution in [1.82, 2.24) is 15.0 Å². The van der Waals surface area contributed by atoms with Gasteiger partial charge in [-0.1, -0.05) is 30.3 Å². The number of aryl methyl sites for hydroxylation is 1. The van der Waals surface area contributed by atoms with Crippen molar-refractivity contribution in [2.45, 2.75) is 13.8 Å². The molecule has 0 saturated heterocycles. The highest BCUT2D eigenvalue weighted by atomic mass is 16.5. The van der Waals surface area contributed by atoms with Crippen molar-refractivity contribution in [2.75, 3.05) is 22.6 Å². The fraction of sp³-hybridized carbons (Fsp3) is 0.120. The van der Waals surface area contributed by atoms with E-state index >= 15 is 0 Å². The summed E-state index contributed by atoms with van der Waals surface area (Å²) in [7, 11) is 0. The molecule has 0 spiro atoms. The molecule has 166 valence electrons. The summed E-state index contributed by atoms with van der Waals surface area (Å²) in [6, 6.07) is 24.5. The molecule has 0 bridgehead atoms. The van der Waals surface area contributed by atoms with Crippen molar-refractivity contribution in [3.8, 4) is 0 Å². The van der Waals surface area contributed by atoms with Crippen molar-refractivity contribution < 1.29 is 9.53 Å². The molecule has 0 atom stereocenters. The molecule has 4 aromatic rings.